The number of nitrogens with one attached hydrogen (secondary N) is 1. The van der Waals surface area contributed by atoms with Gasteiger partial charge in [0.05, 0.1) is 2.88 Å². The van der Waals surface area contributed by atoms with Gasteiger partial charge in [0.15, 0.2) is 0 Å². The van der Waals surface area contributed by atoms with Crippen LogP contribution in [0.4, 0.5) is 0 Å². The van der Waals surface area contributed by atoms with E-state index in [1.54, 1.807) is 0 Å². The van der Waals surface area contributed by atoms with Crippen LogP contribution in [0.15, 0.2) is 11.4 Å². The molecular formula is C9H14INS. The quantitative estimate of drug-likeness (QED) is 0.842. The fourth-order valence-corrected chi connectivity index (χ4v) is 2.36. The van der Waals surface area contributed by atoms with Gasteiger partial charge in [-0.15, -0.1) is 11.3 Å². The molecule has 0 amide bonds. The van der Waals surface area contributed by atoms with E-state index in [0.717, 1.165) is 19.0 Å². The lowest BCUT2D eigenvalue weighted by Crippen LogP contribution is -2.18. The van der Waals surface area contributed by atoms with Crippen LogP contribution in [0.1, 0.15) is 19.4 Å². The molecular weight excluding hydrogens is 281 g/mol. The molecule has 1 heterocycles. The van der Waals surface area contributed by atoms with Gasteiger partial charge in [-0.2, -0.15) is 0 Å². The molecule has 0 aliphatic rings. The van der Waals surface area contributed by atoms with Crippen molar-refractivity contribution in [1.82, 2.24) is 5.32 Å². The van der Waals surface area contributed by atoms with Crippen molar-refractivity contribution in [2.24, 2.45) is 5.92 Å². The summed E-state index contributed by atoms with van der Waals surface area (Å²) in [4.78, 5) is 0. The minimum atomic E-state index is 0.739. The molecule has 0 aliphatic carbocycles. The monoisotopic (exact) mass is 295 g/mol. The number of thiophene rings is 1. The topological polar surface area (TPSA) is 12.0 Å². The maximum Gasteiger partial charge on any atom is 0.0656 e. The third kappa shape index (κ3) is 3.87. The minimum absolute atomic E-state index is 0.739. The first-order valence-electron chi connectivity index (χ1n) is 4.12. The molecule has 12 heavy (non-hydrogen) atoms. The van der Waals surface area contributed by atoms with Gasteiger partial charge >= 0.3 is 0 Å². The Kier molecular flexibility index (Phi) is 4.53. The summed E-state index contributed by atoms with van der Waals surface area (Å²) in [5, 5.41) is 5.64. The van der Waals surface area contributed by atoms with E-state index in [9.17, 15) is 0 Å². The standard InChI is InChI=1S/C9H14INS/c1-7(2)4-11-5-8-3-9(10)12-6-8/h3,6-7,11H,4-5H2,1-2H3. The number of rotatable bonds is 4. The Morgan fingerprint density at radius 3 is 2.83 bits per heavy atom. The van der Waals surface area contributed by atoms with Crippen molar-refractivity contribution >= 4 is 33.9 Å². The smallest absolute Gasteiger partial charge is 0.0656 e. The molecule has 1 nitrogen and oxygen atoms in total. The molecule has 0 aliphatic heterocycles. The highest BCUT2D eigenvalue weighted by Gasteiger charge is 1.97. The highest BCUT2D eigenvalue weighted by Crippen LogP contribution is 2.16. The molecule has 0 unspecified atom stereocenters. The first-order valence-corrected chi connectivity index (χ1v) is 6.08. The van der Waals surface area contributed by atoms with Crippen molar-refractivity contribution in [3.8, 4) is 0 Å². The van der Waals surface area contributed by atoms with Crippen LogP contribution in [0.3, 0.4) is 0 Å². The van der Waals surface area contributed by atoms with E-state index in [-0.39, 0.29) is 0 Å². The lowest BCUT2D eigenvalue weighted by Gasteiger charge is -2.05. The molecule has 0 bridgehead atoms. The predicted molar refractivity (Wildman–Crippen MR) is 63.6 cm³/mol. The summed E-state index contributed by atoms with van der Waals surface area (Å²) in [7, 11) is 0. The van der Waals surface area contributed by atoms with Crippen LogP contribution in [0.5, 0.6) is 0 Å². The van der Waals surface area contributed by atoms with Crippen molar-refractivity contribution in [3.05, 3.63) is 19.9 Å². The SMILES string of the molecule is CC(C)CNCc1csc(I)c1. The molecule has 0 radical (unpaired) electrons. The summed E-state index contributed by atoms with van der Waals surface area (Å²) >= 11 is 4.17. The Morgan fingerprint density at radius 2 is 2.33 bits per heavy atom. The van der Waals surface area contributed by atoms with Crippen molar-refractivity contribution in [2.75, 3.05) is 6.54 Å². The second kappa shape index (κ2) is 5.19. The van der Waals surface area contributed by atoms with E-state index < -0.39 is 0 Å². The molecule has 1 aromatic rings. The van der Waals surface area contributed by atoms with Crippen LogP contribution in [0.25, 0.3) is 0 Å². The van der Waals surface area contributed by atoms with Crippen molar-refractivity contribution in [2.45, 2.75) is 20.4 Å². The van der Waals surface area contributed by atoms with Gasteiger partial charge in [-0.1, -0.05) is 13.8 Å². The molecule has 0 saturated heterocycles. The van der Waals surface area contributed by atoms with Crippen molar-refractivity contribution in [3.63, 3.8) is 0 Å². The molecule has 1 rings (SSSR count). The second-order valence-corrected chi connectivity index (χ2v) is 6.09. The van der Waals surface area contributed by atoms with Crippen LogP contribution < -0.4 is 5.32 Å². The van der Waals surface area contributed by atoms with Crippen LogP contribution in [-0.2, 0) is 6.54 Å². The first-order chi connectivity index (χ1) is 5.68. The Morgan fingerprint density at radius 1 is 1.58 bits per heavy atom. The Bertz CT molecular complexity index is 232. The van der Waals surface area contributed by atoms with Crippen molar-refractivity contribution < 1.29 is 0 Å². The maximum atomic E-state index is 3.42. The highest BCUT2D eigenvalue weighted by atomic mass is 127. The molecule has 0 saturated carbocycles. The van der Waals surface area contributed by atoms with Gasteiger partial charge in [0.2, 0.25) is 0 Å². The Hall–Kier alpha value is 0.390. The van der Waals surface area contributed by atoms with E-state index in [2.05, 4.69) is 53.2 Å². The maximum absolute atomic E-state index is 3.42. The van der Waals surface area contributed by atoms with Crippen LogP contribution >= 0.6 is 33.9 Å². The summed E-state index contributed by atoms with van der Waals surface area (Å²) < 4.78 is 1.37. The third-order valence-electron chi connectivity index (χ3n) is 1.50. The molecule has 1 N–H and O–H groups in total. The van der Waals surface area contributed by atoms with Gasteiger partial charge in [-0.3, -0.25) is 0 Å². The molecule has 0 atom stereocenters. The Balaban J connectivity index is 2.24. The van der Waals surface area contributed by atoms with Crippen LogP contribution in [0, 0.1) is 8.80 Å². The van der Waals surface area contributed by atoms with Gasteiger partial charge in [0.25, 0.3) is 0 Å². The third-order valence-corrected chi connectivity index (χ3v) is 3.34. The molecule has 1 aromatic heterocycles. The normalized spacial score (nSPS) is 11.0. The number of halogens is 1. The summed E-state index contributed by atoms with van der Waals surface area (Å²) in [6, 6.07) is 2.23. The van der Waals surface area contributed by atoms with E-state index in [1.165, 1.54) is 8.45 Å². The second-order valence-electron chi connectivity index (χ2n) is 3.28. The lowest BCUT2D eigenvalue weighted by molar-refractivity contribution is 0.553. The molecule has 68 valence electrons. The zero-order chi connectivity index (χ0) is 8.97. The van der Waals surface area contributed by atoms with Gasteiger partial charge in [0, 0.05) is 6.54 Å². The van der Waals surface area contributed by atoms with Gasteiger partial charge in [-0.25, -0.2) is 0 Å². The van der Waals surface area contributed by atoms with E-state index in [0.29, 0.717) is 0 Å². The molecule has 0 spiro atoms. The largest absolute Gasteiger partial charge is 0.312 e. The summed E-state index contributed by atoms with van der Waals surface area (Å²) in [5.41, 5.74) is 1.41. The predicted octanol–water partition coefficient (Wildman–Crippen LogP) is 3.10. The summed E-state index contributed by atoms with van der Waals surface area (Å²) in [6.45, 7) is 6.57. The fourth-order valence-electron chi connectivity index (χ4n) is 0.944. The van der Waals surface area contributed by atoms with E-state index in [1.807, 2.05) is 11.3 Å². The molecule has 0 fully saturated rings. The average Bonchev–Trinajstić information content (AvgIpc) is 2.35. The number of hydrogen-bond acceptors (Lipinski definition) is 2. The van der Waals surface area contributed by atoms with Gasteiger partial charge < -0.3 is 5.32 Å². The fraction of sp³-hybridized carbons (Fsp3) is 0.556. The van der Waals surface area contributed by atoms with Gasteiger partial charge in [0.1, 0.15) is 0 Å². The lowest BCUT2D eigenvalue weighted by atomic mass is 10.2. The average molecular weight is 295 g/mol. The highest BCUT2D eigenvalue weighted by molar-refractivity contribution is 14.1. The molecule has 0 aromatic carbocycles. The van der Waals surface area contributed by atoms with E-state index in [4.69, 9.17) is 0 Å². The van der Waals surface area contributed by atoms with Crippen LogP contribution in [0.2, 0.25) is 0 Å². The van der Waals surface area contributed by atoms with Crippen LogP contribution in [-0.4, -0.2) is 6.54 Å². The van der Waals surface area contributed by atoms with Gasteiger partial charge in [-0.05, 0) is 52.1 Å². The minimum Gasteiger partial charge on any atom is -0.312 e. The summed E-state index contributed by atoms with van der Waals surface area (Å²) in [5.74, 6) is 0.739. The summed E-state index contributed by atoms with van der Waals surface area (Å²) in [6.07, 6.45) is 0. The first kappa shape index (κ1) is 10.5. The number of hydrogen-bond donors (Lipinski definition) is 1. The zero-order valence-corrected chi connectivity index (χ0v) is 10.4. The molecule has 3 heteroatoms. The van der Waals surface area contributed by atoms with E-state index >= 15 is 0 Å². The van der Waals surface area contributed by atoms with Crippen molar-refractivity contribution in [1.29, 1.82) is 0 Å². The Labute approximate surface area is 91.7 Å². The zero-order valence-electron chi connectivity index (χ0n) is 7.43.